The van der Waals surface area contributed by atoms with E-state index in [1.54, 1.807) is 6.92 Å². The Hall–Kier alpha value is -0.410. The molecule has 112 valence electrons. The molecule has 1 aliphatic heterocycles. The van der Waals surface area contributed by atoms with E-state index in [2.05, 4.69) is 0 Å². The summed E-state index contributed by atoms with van der Waals surface area (Å²) >= 11 is 0. The maximum Gasteiger partial charge on any atom is 0.158 e. The first-order chi connectivity index (χ1) is 9.65. The highest BCUT2D eigenvalue weighted by Gasteiger charge is 2.57. The van der Waals surface area contributed by atoms with Crippen LogP contribution >= 0.6 is 0 Å². The van der Waals surface area contributed by atoms with Crippen molar-refractivity contribution in [2.75, 3.05) is 6.61 Å². The van der Waals surface area contributed by atoms with Gasteiger partial charge in [0.2, 0.25) is 0 Å². The van der Waals surface area contributed by atoms with Crippen molar-refractivity contribution < 1.29 is 14.3 Å². The number of Topliss-reactive ketones (excluding diaryl/α,β-unsaturated/α-hetero) is 1. The molecule has 5 rings (SSSR count). The van der Waals surface area contributed by atoms with Gasteiger partial charge in [0.25, 0.3) is 0 Å². The first kappa shape index (κ1) is 13.3. The summed E-state index contributed by atoms with van der Waals surface area (Å²) in [6.45, 7) is 2.65. The number of carbonyl (C=O) groups excluding carboxylic acids is 1. The van der Waals surface area contributed by atoms with E-state index >= 15 is 0 Å². The van der Waals surface area contributed by atoms with E-state index in [1.807, 2.05) is 0 Å². The zero-order valence-electron chi connectivity index (χ0n) is 12.5. The van der Waals surface area contributed by atoms with E-state index in [0.29, 0.717) is 23.5 Å². The quantitative estimate of drug-likeness (QED) is 0.794. The summed E-state index contributed by atoms with van der Waals surface area (Å²) in [7, 11) is 0. The molecule has 1 heterocycles. The van der Waals surface area contributed by atoms with Gasteiger partial charge in [0.15, 0.2) is 6.29 Å². The molecule has 0 aromatic heterocycles. The van der Waals surface area contributed by atoms with Crippen molar-refractivity contribution in [3.05, 3.63) is 0 Å². The van der Waals surface area contributed by atoms with Gasteiger partial charge in [0.05, 0.1) is 5.60 Å². The van der Waals surface area contributed by atoms with Gasteiger partial charge in [0.1, 0.15) is 5.78 Å². The molecular formula is C17H26O3. The maximum atomic E-state index is 12.0. The highest BCUT2D eigenvalue weighted by Crippen LogP contribution is 2.60. The molecule has 5 fully saturated rings. The van der Waals surface area contributed by atoms with E-state index in [4.69, 9.17) is 9.47 Å². The monoisotopic (exact) mass is 278 g/mol. The lowest BCUT2D eigenvalue weighted by Gasteiger charge is -2.59. The molecule has 4 aliphatic carbocycles. The molecular weight excluding hydrogens is 252 g/mol. The predicted octanol–water partition coefficient (Wildman–Crippen LogP) is 3.31. The molecule has 3 unspecified atom stereocenters. The maximum absolute atomic E-state index is 12.0. The first-order valence-corrected chi connectivity index (χ1v) is 8.45. The molecule has 3 atom stereocenters. The van der Waals surface area contributed by atoms with Gasteiger partial charge in [-0.15, -0.1) is 0 Å². The molecule has 0 aromatic rings. The summed E-state index contributed by atoms with van der Waals surface area (Å²) < 4.78 is 12.3. The van der Waals surface area contributed by atoms with Crippen LogP contribution in [-0.2, 0) is 14.3 Å². The van der Waals surface area contributed by atoms with Crippen LogP contribution in [0.4, 0.5) is 0 Å². The topological polar surface area (TPSA) is 35.5 Å². The average molecular weight is 278 g/mol. The van der Waals surface area contributed by atoms with E-state index in [0.717, 1.165) is 31.8 Å². The van der Waals surface area contributed by atoms with Crippen LogP contribution in [-0.4, -0.2) is 24.3 Å². The Morgan fingerprint density at radius 3 is 2.50 bits per heavy atom. The van der Waals surface area contributed by atoms with Gasteiger partial charge in [-0.2, -0.15) is 0 Å². The van der Waals surface area contributed by atoms with Gasteiger partial charge in [-0.25, -0.2) is 0 Å². The molecule has 1 saturated heterocycles. The van der Waals surface area contributed by atoms with Gasteiger partial charge in [0, 0.05) is 12.5 Å². The minimum absolute atomic E-state index is 0.0239. The van der Waals surface area contributed by atoms with Crippen molar-refractivity contribution >= 4 is 5.78 Å². The summed E-state index contributed by atoms with van der Waals surface area (Å²) in [5.74, 6) is 2.72. The number of ether oxygens (including phenoxy) is 2. The second kappa shape index (κ2) is 4.81. The molecule has 4 saturated carbocycles. The van der Waals surface area contributed by atoms with E-state index < -0.39 is 0 Å². The van der Waals surface area contributed by atoms with Crippen LogP contribution in [0.5, 0.6) is 0 Å². The van der Waals surface area contributed by atoms with Crippen molar-refractivity contribution in [3.8, 4) is 0 Å². The number of rotatable bonds is 3. The second-order valence-corrected chi connectivity index (χ2v) is 7.70. The van der Waals surface area contributed by atoms with Gasteiger partial charge >= 0.3 is 0 Å². The number of hydrogen-bond acceptors (Lipinski definition) is 3. The van der Waals surface area contributed by atoms with Crippen molar-refractivity contribution in [2.45, 2.75) is 70.2 Å². The zero-order valence-corrected chi connectivity index (χ0v) is 12.5. The van der Waals surface area contributed by atoms with Crippen LogP contribution in [0.25, 0.3) is 0 Å². The van der Waals surface area contributed by atoms with E-state index in [-0.39, 0.29) is 11.9 Å². The lowest BCUT2D eigenvalue weighted by atomic mass is 9.49. The molecule has 0 N–H and O–H groups in total. The highest BCUT2D eigenvalue weighted by atomic mass is 16.7. The Balaban J connectivity index is 1.51. The van der Waals surface area contributed by atoms with E-state index in [9.17, 15) is 4.79 Å². The molecule has 3 nitrogen and oxygen atoms in total. The minimum Gasteiger partial charge on any atom is -0.353 e. The van der Waals surface area contributed by atoms with Crippen LogP contribution in [0.1, 0.15) is 58.3 Å². The molecule has 0 radical (unpaired) electrons. The Kier molecular flexibility index (Phi) is 3.19. The molecule has 0 aromatic carbocycles. The van der Waals surface area contributed by atoms with Crippen LogP contribution in [0.3, 0.4) is 0 Å². The number of hydrogen-bond donors (Lipinski definition) is 0. The van der Waals surface area contributed by atoms with Gasteiger partial charge in [-0.3, -0.25) is 4.79 Å². The summed E-state index contributed by atoms with van der Waals surface area (Å²) in [4.78, 5) is 12.0. The van der Waals surface area contributed by atoms with Gasteiger partial charge < -0.3 is 9.47 Å². The Labute approximate surface area is 121 Å². The Morgan fingerprint density at radius 1 is 1.15 bits per heavy atom. The van der Waals surface area contributed by atoms with Crippen LogP contribution in [0, 0.1) is 23.7 Å². The van der Waals surface area contributed by atoms with Crippen molar-refractivity contribution in [3.63, 3.8) is 0 Å². The SMILES string of the molecule is CC(=O)C1C2CC3CC1CC(OC1CCCCO1)(C3)C2. The molecule has 5 aliphatic rings. The summed E-state index contributed by atoms with van der Waals surface area (Å²) in [5, 5.41) is 0. The summed E-state index contributed by atoms with van der Waals surface area (Å²) in [6, 6.07) is 0. The minimum atomic E-state index is 0.0239. The third-order valence-corrected chi connectivity index (χ3v) is 6.21. The molecule has 0 amide bonds. The van der Waals surface area contributed by atoms with Crippen molar-refractivity contribution in [1.82, 2.24) is 0 Å². The third kappa shape index (κ3) is 2.14. The fraction of sp³-hybridized carbons (Fsp3) is 0.941. The Bertz CT molecular complexity index is 383. The number of ketones is 1. The second-order valence-electron chi connectivity index (χ2n) is 7.70. The third-order valence-electron chi connectivity index (χ3n) is 6.21. The molecule has 4 bridgehead atoms. The first-order valence-electron chi connectivity index (χ1n) is 8.45. The largest absolute Gasteiger partial charge is 0.353 e. The zero-order chi connectivity index (χ0) is 13.7. The standard InChI is InChI=1S/C17H26O3/c1-11(18)16-13-6-12-7-14(16)10-17(8-12,9-13)20-15-4-2-3-5-19-15/h12-16H,2-10H2,1H3. The molecule has 20 heavy (non-hydrogen) atoms. The van der Waals surface area contributed by atoms with Gasteiger partial charge in [-0.1, -0.05) is 0 Å². The van der Waals surface area contributed by atoms with Crippen molar-refractivity contribution in [2.24, 2.45) is 23.7 Å². The fourth-order valence-corrected chi connectivity index (χ4v) is 5.84. The lowest BCUT2D eigenvalue weighted by molar-refractivity contribution is -0.270. The smallest absolute Gasteiger partial charge is 0.158 e. The van der Waals surface area contributed by atoms with Crippen molar-refractivity contribution in [1.29, 1.82) is 0 Å². The normalized spacial score (nSPS) is 50.4. The summed E-state index contributed by atoms with van der Waals surface area (Å²) in [6.07, 6.45) is 9.42. The van der Waals surface area contributed by atoms with E-state index in [1.165, 1.54) is 32.1 Å². The lowest BCUT2D eigenvalue weighted by Crippen LogP contribution is -2.58. The van der Waals surface area contributed by atoms with Crippen LogP contribution in [0.15, 0.2) is 0 Å². The van der Waals surface area contributed by atoms with Crippen LogP contribution < -0.4 is 0 Å². The number of carbonyl (C=O) groups is 1. The average Bonchev–Trinajstić information content (AvgIpc) is 2.37. The molecule has 0 spiro atoms. The van der Waals surface area contributed by atoms with Gasteiger partial charge in [-0.05, 0) is 76.0 Å². The summed E-state index contributed by atoms with van der Waals surface area (Å²) in [5.41, 5.74) is 0.0461. The Morgan fingerprint density at radius 2 is 1.90 bits per heavy atom. The molecule has 3 heteroatoms. The van der Waals surface area contributed by atoms with Crippen LogP contribution in [0.2, 0.25) is 0 Å². The fourth-order valence-electron chi connectivity index (χ4n) is 5.84. The highest BCUT2D eigenvalue weighted by molar-refractivity contribution is 5.79. The predicted molar refractivity (Wildman–Crippen MR) is 75.1 cm³/mol.